The predicted molar refractivity (Wildman–Crippen MR) is 104 cm³/mol. The molecule has 1 aromatic rings. The maximum Gasteiger partial charge on any atom is 0.163 e. The molecular weight excluding hydrogens is 348 g/mol. The fraction of sp³-hybridized carbons (Fsp3) is 0.714. The monoisotopic (exact) mass is 381 g/mol. The molecule has 2 saturated heterocycles. The van der Waals surface area contributed by atoms with E-state index >= 15 is 0 Å². The minimum atomic E-state index is -0.782. The molecule has 1 atom stereocenters. The van der Waals surface area contributed by atoms with E-state index in [1.165, 1.54) is 12.8 Å². The lowest BCUT2D eigenvalue weighted by Gasteiger charge is -2.48. The van der Waals surface area contributed by atoms with Gasteiger partial charge in [0, 0.05) is 56.5 Å². The Hall–Kier alpha value is -1.08. The molecule has 0 aliphatic carbocycles. The molecule has 0 spiro atoms. The Balaban J connectivity index is 1.61. The number of nitrogens with zero attached hydrogens (tertiary/aromatic N) is 3. The zero-order valence-corrected chi connectivity index (χ0v) is 16.6. The van der Waals surface area contributed by atoms with Crippen LogP contribution in [0.15, 0.2) is 18.2 Å². The van der Waals surface area contributed by atoms with Crippen LogP contribution in [0.1, 0.15) is 38.7 Å². The Morgan fingerprint density at radius 3 is 2.52 bits per heavy atom. The third kappa shape index (κ3) is 5.05. The number of likely N-dealkylation sites (tertiary alicyclic amines) is 1. The average molecular weight is 382 g/mol. The third-order valence-corrected chi connectivity index (χ3v) is 6.20. The van der Waals surface area contributed by atoms with Crippen LogP contribution in [0.3, 0.4) is 0 Å². The van der Waals surface area contributed by atoms with Gasteiger partial charge in [-0.25, -0.2) is 8.78 Å². The molecule has 152 valence electrons. The molecule has 1 aromatic carbocycles. The normalized spacial score (nSPS) is 24.0. The summed E-state index contributed by atoms with van der Waals surface area (Å²) in [6.45, 7) is 9.90. The van der Waals surface area contributed by atoms with Crippen LogP contribution in [0, 0.1) is 11.6 Å². The minimum Gasteiger partial charge on any atom is -0.396 e. The summed E-state index contributed by atoms with van der Waals surface area (Å²) in [7, 11) is 0. The van der Waals surface area contributed by atoms with Gasteiger partial charge in [0.2, 0.25) is 0 Å². The number of rotatable bonds is 6. The van der Waals surface area contributed by atoms with E-state index in [1.54, 1.807) is 12.1 Å². The number of aliphatic hydroxyl groups is 1. The maximum atomic E-state index is 14.0. The molecule has 1 N–H and O–H groups in total. The maximum absolute atomic E-state index is 14.0. The van der Waals surface area contributed by atoms with Gasteiger partial charge in [-0.2, -0.15) is 0 Å². The van der Waals surface area contributed by atoms with Crippen molar-refractivity contribution in [3.63, 3.8) is 0 Å². The lowest BCUT2D eigenvalue weighted by Crippen LogP contribution is -2.58. The van der Waals surface area contributed by atoms with E-state index in [2.05, 4.69) is 28.5 Å². The summed E-state index contributed by atoms with van der Waals surface area (Å²) in [5, 5.41) is 9.54. The molecule has 1 unspecified atom stereocenters. The van der Waals surface area contributed by atoms with Crippen LogP contribution < -0.4 is 0 Å². The van der Waals surface area contributed by atoms with E-state index in [-0.39, 0.29) is 12.6 Å². The van der Waals surface area contributed by atoms with Crippen LogP contribution in [0.25, 0.3) is 0 Å². The first-order valence-corrected chi connectivity index (χ1v) is 10.3. The molecule has 2 aliphatic rings. The van der Waals surface area contributed by atoms with E-state index in [0.29, 0.717) is 24.2 Å². The number of piperidine rings is 1. The molecule has 2 heterocycles. The fourth-order valence-corrected chi connectivity index (χ4v) is 4.61. The Morgan fingerprint density at radius 1 is 1.11 bits per heavy atom. The van der Waals surface area contributed by atoms with Gasteiger partial charge in [0.05, 0.1) is 0 Å². The third-order valence-electron chi connectivity index (χ3n) is 6.20. The highest BCUT2D eigenvalue weighted by Crippen LogP contribution is 2.25. The van der Waals surface area contributed by atoms with Crippen molar-refractivity contribution in [3.8, 4) is 0 Å². The Kier molecular flexibility index (Phi) is 7.20. The Bertz CT molecular complexity index is 605. The second kappa shape index (κ2) is 9.41. The molecule has 27 heavy (non-hydrogen) atoms. The smallest absolute Gasteiger partial charge is 0.163 e. The molecule has 2 aliphatic heterocycles. The van der Waals surface area contributed by atoms with Gasteiger partial charge in [-0.05, 0) is 52.3 Å². The first-order chi connectivity index (χ1) is 13.0. The van der Waals surface area contributed by atoms with Gasteiger partial charge in [-0.15, -0.1) is 0 Å². The minimum absolute atomic E-state index is 0.161. The topological polar surface area (TPSA) is 30.0 Å². The first kappa shape index (κ1) is 20.6. The van der Waals surface area contributed by atoms with Crippen molar-refractivity contribution in [3.05, 3.63) is 35.4 Å². The number of halogens is 2. The zero-order chi connectivity index (χ0) is 19.4. The number of hydrogen-bond donors (Lipinski definition) is 1. The van der Waals surface area contributed by atoms with Gasteiger partial charge in [-0.3, -0.25) is 9.80 Å². The van der Waals surface area contributed by atoms with Gasteiger partial charge in [0.15, 0.2) is 11.6 Å². The second-order valence-electron chi connectivity index (χ2n) is 8.21. The van der Waals surface area contributed by atoms with Crippen LogP contribution in [0.4, 0.5) is 8.78 Å². The van der Waals surface area contributed by atoms with Crippen LogP contribution in [0.5, 0.6) is 0 Å². The Morgan fingerprint density at radius 2 is 1.85 bits per heavy atom. The fourth-order valence-electron chi connectivity index (χ4n) is 4.61. The van der Waals surface area contributed by atoms with Gasteiger partial charge >= 0.3 is 0 Å². The summed E-state index contributed by atoms with van der Waals surface area (Å²) in [4.78, 5) is 7.28. The van der Waals surface area contributed by atoms with Crippen molar-refractivity contribution < 1.29 is 13.9 Å². The number of benzene rings is 1. The SMILES string of the molecule is CC(C)N1CCC(N2CCN(Cc3cccc(F)c3F)CC2CCO)CC1. The average Bonchev–Trinajstić information content (AvgIpc) is 2.66. The summed E-state index contributed by atoms with van der Waals surface area (Å²) in [6.07, 6.45) is 3.06. The van der Waals surface area contributed by atoms with Gasteiger partial charge in [0.1, 0.15) is 0 Å². The van der Waals surface area contributed by atoms with Crippen molar-refractivity contribution in [1.82, 2.24) is 14.7 Å². The summed E-state index contributed by atoms with van der Waals surface area (Å²) >= 11 is 0. The van der Waals surface area contributed by atoms with Crippen molar-refractivity contribution in [2.45, 2.75) is 57.8 Å². The van der Waals surface area contributed by atoms with Crippen LogP contribution in [-0.2, 0) is 6.54 Å². The summed E-state index contributed by atoms with van der Waals surface area (Å²) < 4.78 is 27.5. The largest absolute Gasteiger partial charge is 0.396 e. The standard InChI is InChI=1S/C21H33F2N3O/c1-16(2)25-9-6-18(7-10-25)26-12-11-24(15-19(26)8-13-27)14-17-4-3-5-20(22)21(17)23/h3-5,16,18-19,27H,6-15H2,1-2H3. The number of hydrogen-bond acceptors (Lipinski definition) is 4. The highest BCUT2D eigenvalue weighted by molar-refractivity contribution is 5.19. The highest BCUT2D eigenvalue weighted by atomic mass is 19.2. The van der Waals surface area contributed by atoms with Gasteiger partial charge < -0.3 is 10.0 Å². The molecule has 0 bridgehead atoms. The van der Waals surface area contributed by atoms with Crippen molar-refractivity contribution >= 4 is 0 Å². The summed E-state index contributed by atoms with van der Waals surface area (Å²) in [5.74, 6) is -1.52. The van der Waals surface area contributed by atoms with E-state index in [4.69, 9.17) is 0 Å². The summed E-state index contributed by atoms with van der Waals surface area (Å²) in [5.41, 5.74) is 0.413. The second-order valence-corrected chi connectivity index (χ2v) is 8.21. The van der Waals surface area contributed by atoms with Crippen LogP contribution in [-0.4, -0.2) is 77.3 Å². The molecule has 4 nitrogen and oxygen atoms in total. The lowest BCUT2D eigenvalue weighted by molar-refractivity contribution is -0.000325. The molecule has 0 radical (unpaired) electrons. The van der Waals surface area contributed by atoms with E-state index in [1.807, 2.05) is 0 Å². The molecular formula is C21H33F2N3O. The van der Waals surface area contributed by atoms with Gasteiger partial charge in [-0.1, -0.05) is 12.1 Å². The molecule has 0 aromatic heterocycles. The molecule has 3 rings (SSSR count). The van der Waals surface area contributed by atoms with Crippen LogP contribution >= 0.6 is 0 Å². The predicted octanol–water partition coefficient (Wildman–Crippen LogP) is 2.71. The van der Waals surface area contributed by atoms with Crippen molar-refractivity contribution in [2.75, 3.05) is 39.3 Å². The van der Waals surface area contributed by atoms with E-state index < -0.39 is 11.6 Å². The summed E-state index contributed by atoms with van der Waals surface area (Å²) in [6, 6.07) is 5.82. The van der Waals surface area contributed by atoms with E-state index in [0.717, 1.165) is 45.2 Å². The number of aliphatic hydroxyl groups excluding tert-OH is 1. The molecule has 2 fully saturated rings. The first-order valence-electron chi connectivity index (χ1n) is 10.3. The lowest BCUT2D eigenvalue weighted by atomic mass is 9.97. The Labute approximate surface area is 161 Å². The van der Waals surface area contributed by atoms with E-state index in [9.17, 15) is 13.9 Å². The quantitative estimate of drug-likeness (QED) is 0.821. The van der Waals surface area contributed by atoms with Gasteiger partial charge in [0.25, 0.3) is 0 Å². The van der Waals surface area contributed by atoms with Crippen molar-refractivity contribution in [2.24, 2.45) is 0 Å². The highest BCUT2D eigenvalue weighted by Gasteiger charge is 2.34. The van der Waals surface area contributed by atoms with Crippen LogP contribution in [0.2, 0.25) is 0 Å². The van der Waals surface area contributed by atoms with Crippen molar-refractivity contribution in [1.29, 1.82) is 0 Å². The molecule has 6 heteroatoms. The molecule has 0 saturated carbocycles. The molecule has 0 amide bonds. The zero-order valence-electron chi connectivity index (χ0n) is 16.6. The number of piperazine rings is 1.